The van der Waals surface area contributed by atoms with Crippen molar-refractivity contribution in [1.29, 1.82) is 0 Å². The lowest BCUT2D eigenvalue weighted by Crippen LogP contribution is -2.55. The van der Waals surface area contributed by atoms with Crippen molar-refractivity contribution in [3.05, 3.63) is 229 Å². The number of benzene rings is 10. The summed E-state index contributed by atoms with van der Waals surface area (Å²) in [5, 5.41) is 7.71. The zero-order valence-corrected chi connectivity index (χ0v) is 43.6. The van der Waals surface area contributed by atoms with Crippen molar-refractivity contribution in [3.8, 4) is 55.9 Å². The van der Waals surface area contributed by atoms with Crippen LogP contribution >= 0.6 is 11.3 Å². The maximum atomic E-state index is 2.66. The molecule has 0 amide bonds. The Balaban J connectivity index is 0.752. The molecule has 6 aliphatic carbocycles. The summed E-state index contributed by atoms with van der Waals surface area (Å²) in [6.45, 7) is 4.88. The minimum atomic E-state index is -0.146. The van der Waals surface area contributed by atoms with Crippen molar-refractivity contribution in [3.63, 3.8) is 0 Å². The van der Waals surface area contributed by atoms with Crippen LogP contribution in [0.25, 0.3) is 120 Å². The third-order valence-electron chi connectivity index (χ3n) is 20.1. The Labute approximate surface area is 446 Å². The first-order chi connectivity index (χ1) is 37.4. The molecular weight excluding hydrogens is 937 g/mol. The predicted octanol–water partition coefficient (Wildman–Crippen LogP) is 19.6. The second kappa shape index (κ2) is 14.9. The molecule has 362 valence electrons. The van der Waals surface area contributed by atoms with Gasteiger partial charge in [-0.05, 0) is 195 Å². The summed E-state index contributed by atoms with van der Waals surface area (Å²) in [4.78, 5) is 0. The normalized spacial score (nSPS) is 21.4. The van der Waals surface area contributed by atoms with Crippen molar-refractivity contribution < 1.29 is 0 Å². The zero-order valence-electron chi connectivity index (χ0n) is 42.8. The van der Waals surface area contributed by atoms with E-state index >= 15 is 0 Å². The highest BCUT2D eigenvalue weighted by Gasteiger charge is 2.61. The van der Waals surface area contributed by atoms with E-state index in [1.165, 1.54) is 163 Å². The molecule has 4 bridgehead atoms. The van der Waals surface area contributed by atoms with Crippen LogP contribution in [0, 0.1) is 23.7 Å². The van der Waals surface area contributed by atoms with Crippen LogP contribution in [-0.2, 0) is 10.8 Å². The zero-order chi connectivity index (χ0) is 49.8. The van der Waals surface area contributed by atoms with Gasteiger partial charge in [-0.25, -0.2) is 0 Å². The Bertz CT molecular complexity index is 4680. The molecule has 3 heterocycles. The van der Waals surface area contributed by atoms with Gasteiger partial charge in [0.15, 0.2) is 0 Å². The molecule has 2 nitrogen and oxygen atoms in total. The number of hydrogen-bond donors (Lipinski definition) is 0. The summed E-state index contributed by atoms with van der Waals surface area (Å²) < 4.78 is 7.65. The summed E-state index contributed by atoms with van der Waals surface area (Å²) in [7, 11) is 0. The van der Waals surface area contributed by atoms with E-state index in [2.05, 4.69) is 229 Å². The van der Waals surface area contributed by atoms with E-state index in [1.54, 1.807) is 11.1 Å². The first kappa shape index (κ1) is 42.3. The fourth-order valence-electron chi connectivity index (χ4n) is 17.1. The summed E-state index contributed by atoms with van der Waals surface area (Å²) in [6, 6.07) is 79.7. The molecule has 19 rings (SSSR count). The Kier molecular flexibility index (Phi) is 8.29. The van der Waals surface area contributed by atoms with Crippen LogP contribution < -0.4 is 0 Å². The summed E-state index contributed by atoms with van der Waals surface area (Å²) in [5.74, 6) is 3.38. The lowest BCUT2D eigenvalue weighted by atomic mass is 9.43. The molecule has 10 aromatic carbocycles. The van der Waals surface area contributed by atoms with Crippen LogP contribution in [0.1, 0.15) is 68.2 Å². The molecule has 0 N–H and O–H groups in total. The Morgan fingerprint density at radius 2 is 0.842 bits per heavy atom. The quantitative estimate of drug-likeness (QED) is 0.166. The molecule has 4 saturated carbocycles. The Morgan fingerprint density at radius 1 is 0.342 bits per heavy atom. The van der Waals surface area contributed by atoms with Gasteiger partial charge < -0.3 is 9.13 Å². The highest BCUT2D eigenvalue weighted by atomic mass is 32.1. The molecule has 6 aliphatic rings. The topological polar surface area (TPSA) is 9.86 Å². The highest BCUT2D eigenvalue weighted by molar-refractivity contribution is 7.25. The lowest BCUT2D eigenvalue weighted by Gasteiger charge is -2.61. The number of thiophene rings is 1. The average molecular weight is 991 g/mol. The van der Waals surface area contributed by atoms with Crippen LogP contribution in [0.4, 0.5) is 0 Å². The lowest BCUT2D eigenvalue weighted by molar-refractivity contribution is -0.0399. The second-order valence-corrected chi connectivity index (χ2v) is 25.1. The minimum absolute atomic E-state index is 0.146. The SMILES string of the molecule is CC1(C)c2ccc(-n3c4ccccc4c4ccc(-c5ccc6c7ccccc7n(-c7ccc8sc9ccccc9c8c7)c6c5)cc43)cc2-c2ccc(-c3ccc4c(c3)C3(c5ccccc5-4)C4CC5CC(C4)CC3C5)cc21. The van der Waals surface area contributed by atoms with Gasteiger partial charge in [-0.2, -0.15) is 0 Å². The maximum absolute atomic E-state index is 2.66. The molecule has 0 aliphatic heterocycles. The van der Waals surface area contributed by atoms with Gasteiger partial charge in [0, 0.05) is 63.9 Å². The van der Waals surface area contributed by atoms with Gasteiger partial charge in [-0.15, -0.1) is 11.3 Å². The van der Waals surface area contributed by atoms with Crippen molar-refractivity contribution in [2.45, 2.75) is 56.8 Å². The number of hydrogen-bond acceptors (Lipinski definition) is 1. The first-order valence-electron chi connectivity index (χ1n) is 27.9. The molecule has 0 radical (unpaired) electrons. The molecule has 1 spiro atoms. The number of nitrogens with zero attached hydrogens (tertiary/aromatic N) is 2. The van der Waals surface area contributed by atoms with Crippen LogP contribution in [0.5, 0.6) is 0 Å². The smallest absolute Gasteiger partial charge is 0.0547 e. The molecule has 76 heavy (non-hydrogen) atoms. The van der Waals surface area contributed by atoms with Crippen molar-refractivity contribution >= 4 is 75.1 Å². The van der Waals surface area contributed by atoms with Crippen molar-refractivity contribution in [2.24, 2.45) is 23.7 Å². The fraction of sp³-hybridized carbons (Fsp3) is 0.178. The molecule has 0 unspecified atom stereocenters. The average Bonchev–Trinajstić information content (AvgIpc) is 4.29. The Hall–Kier alpha value is -7.98. The van der Waals surface area contributed by atoms with Gasteiger partial charge in [0.25, 0.3) is 0 Å². The van der Waals surface area contributed by atoms with Gasteiger partial charge >= 0.3 is 0 Å². The first-order valence-corrected chi connectivity index (χ1v) is 28.7. The van der Waals surface area contributed by atoms with Crippen LogP contribution in [-0.4, -0.2) is 9.13 Å². The highest BCUT2D eigenvalue weighted by Crippen LogP contribution is 2.69. The number of aromatic nitrogens is 2. The monoisotopic (exact) mass is 990 g/mol. The van der Waals surface area contributed by atoms with E-state index in [9.17, 15) is 0 Å². The van der Waals surface area contributed by atoms with E-state index in [4.69, 9.17) is 0 Å². The molecular formula is C73H54N2S. The van der Waals surface area contributed by atoms with E-state index in [-0.39, 0.29) is 10.8 Å². The number of rotatable bonds is 4. The van der Waals surface area contributed by atoms with Gasteiger partial charge in [-0.3, -0.25) is 0 Å². The summed E-state index contributed by atoms with van der Waals surface area (Å²) >= 11 is 1.87. The number of para-hydroxylation sites is 2. The van der Waals surface area contributed by atoms with Crippen LogP contribution in [0.3, 0.4) is 0 Å². The third-order valence-corrected chi connectivity index (χ3v) is 21.3. The molecule has 3 heteroatoms. The van der Waals surface area contributed by atoms with Gasteiger partial charge in [0.1, 0.15) is 0 Å². The van der Waals surface area contributed by atoms with Gasteiger partial charge in [0.2, 0.25) is 0 Å². The fourth-order valence-corrected chi connectivity index (χ4v) is 18.2. The Morgan fingerprint density at radius 3 is 1.53 bits per heavy atom. The second-order valence-electron chi connectivity index (χ2n) is 24.0. The van der Waals surface area contributed by atoms with Gasteiger partial charge in [0.05, 0.1) is 22.1 Å². The molecule has 0 atom stereocenters. The van der Waals surface area contributed by atoms with Crippen LogP contribution in [0.2, 0.25) is 0 Å². The summed E-state index contributed by atoms with van der Waals surface area (Å²) in [6.07, 6.45) is 7.10. The third kappa shape index (κ3) is 5.46. The van der Waals surface area contributed by atoms with Crippen molar-refractivity contribution in [1.82, 2.24) is 9.13 Å². The van der Waals surface area contributed by atoms with E-state index in [0.717, 1.165) is 23.7 Å². The standard InChI is InChI=1S/C73H54N2S/c1-72(2)62-29-23-50(40-60(62)54-26-20-44(36-64(54)72)45-19-25-53-52-11-3-7-15-63(52)73(65(53)37-45)48-32-42-31-43(34-48)35-49(73)33-42)74-66-16-8-4-12-55(66)57-27-21-46(38-68(57)74)47-22-28-58-56-13-5-9-17-67(56)75(69(58)39-47)51-24-30-71-61(41-51)59-14-6-10-18-70(59)76-71/h3-30,36-43,48-49H,31-35H2,1-2H3. The maximum Gasteiger partial charge on any atom is 0.0547 e. The summed E-state index contributed by atoms with van der Waals surface area (Å²) in [5.41, 5.74) is 24.2. The van der Waals surface area contributed by atoms with E-state index in [0.29, 0.717) is 0 Å². The van der Waals surface area contributed by atoms with Crippen molar-refractivity contribution in [2.75, 3.05) is 0 Å². The predicted molar refractivity (Wildman–Crippen MR) is 320 cm³/mol. The molecule has 13 aromatic rings. The molecule has 3 aromatic heterocycles. The largest absolute Gasteiger partial charge is 0.309 e. The number of fused-ring (bicyclic) bond motifs is 15. The van der Waals surface area contributed by atoms with Gasteiger partial charge in [-0.1, -0.05) is 147 Å². The molecule has 0 saturated heterocycles. The van der Waals surface area contributed by atoms with Crippen LogP contribution in [0.15, 0.2) is 206 Å². The van der Waals surface area contributed by atoms with E-state index < -0.39 is 0 Å². The van der Waals surface area contributed by atoms with E-state index in [1.807, 2.05) is 11.3 Å². The minimum Gasteiger partial charge on any atom is -0.309 e. The molecule has 4 fully saturated rings.